The Morgan fingerprint density at radius 1 is 0.971 bits per heavy atom. The van der Waals surface area contributed by atoms with Crippen LogP contribution < -0.4 is 0 Å². The van der Waals surface area contributed by atoms with Gasteiger partial charge in [-0.2, -0.15) is 0 Å². The summed E-state index contributed by atoms with van der Waals surface area (Å²) in [6.07, 6.45) is -1.23. The van der Waals surface area contributed by atoms with Crippen LogP contribution in [0.5, 0.6) is 0 Å². The van der Waals surface area contributed by atoms with Crippen LogP contribution in [0.2, 0.25) is 0 Å². The molecule has 8 nitrogen and oxygen atoms in total. The van der Waals surface area contributed by atoms with Gasteiger partial charge in [0.2, 0.25) is 0 Å². The molecular formula is C26H30N2O6. The minimum absolute atomic E-state index is 0.156. The highest BCUT2D eigenvalue weighted by Gasteiger charge is 2.62. The summed E-state index contributed by atoms with van der Waals surface area (Å²) < 4.78 is 10.7. The highest BCUT2D eigenvalue weighted by molar-refractivity contribution is 5.93. The number of hydrogen-bond donors (Lipinski definition) is 1. The Bertz CT molecular complexity index is 1000. The van der Waals surface area contributed by atoms with Crippen molar-refractivity contribution in [1.82, 2.24) is 9.80 Å². The number of amides is 2. The SMILES string of the molecule is CCOC(=O)[C@H]1[C@@H](O)C(=O)N(Cc2ccccc2)C12CCN(C(=O)OCc1ccccc1)CC2. The quantitative estimate of drug-likeness (QED) is 0.658. The van der Waals surface area contributed by atoms with Gasteiger partial charge in [-0.25, -0.2) is 4.79 Å². The van der Waals surface area contributed by atoms with Gasteiger partial charge in [-0.15, -0.1) is 0 Å². The maximum absolute atomic E-state index is 13.1. The van der Waals surface area contributed by atoms with E-state index in [1.165, 1.54) is 0 Å². The van der Waals surface area contributed by atoms with Gasteiger partial charge in [-0.05, 0) is 30.9 Å². The number of rotatable bonds is 6. The van der Waals surface area contributed by atoms with Crippen molar-refractivity contribution in [3.8, 4) is 0 Å². The van der Waals surface area contributed by atoms with Gasteiger partial charge in [-0.3, -0.25) is 9.59 Å². The topological polar surface area (TPSA) is 96.4 Å². The molecule has 2 aliphatic heterocycles. The van der Waals surface area contributed by atoms with E-state index >= 15 is 0 Å². The molecule has 0 bridgehead atoms. The summed E-state index contributed by atoms with van der Waals surface area (Å²) in [5.74, 6) is -2.08. The van der Waals surface area contributed by atoms with Gasteiger partial charge in [0.1, 0.15) is 18.6 Å². The predicted octanol–water partition coefficient (Wildman–Crippen LogP) is 2.74. The largest absolute Gasteiger partial charge is 0.466 e. The minimum atomic E-state index is -1.47. The highest BCUT2D eigenvalue weighted by Crippen LogP contribution is 2.45. The van der Waals surface area contributed by atoms with Crippen LogP contribution in [0.4, 0.5) is 4.79 Å². The van der Waals surface area contributed by atoms with E-state index < -0.39 is 35.5 Å². The number of carbonyl (C=O) groups is 3. The van der Waals surface area contributed by atoms with Crippen LogP contribution in [-0.2, 0) is 32.2 Å². The molecular weight excluding hydrogens is 436 g/mol. The third-order valence-corrected chi connectivity index (χ3v) is 6.77. The number of carbonyl (C=O) groups excluding carboxylic acids is 3. The molecule has 1 spiro atoms. The zero-order valence-electron chi connectivity index (χ0n) is 19.3. The second-order valence-electron chi connectivity index (χ2n) is 8.72. The van der Waals surface area contributed by atoms with Crippen LogP contribution in [0.25, 0.3) is 0 Å². The molecule has 0 aromatic heterocycles. The van der Waals surface area contributed by atoms with Gasteiger partial charge in [0.05, 0.1) is 12.1 Å². The number of piperidine rings is 1. The average molecular weight is 467 g/mol. The van der Waals surface area contributed by atoms with Crippen LogP contribution in [0, 0.1) is 5.92 Å². The summed E-state index contributed by atoms with van der Waals surface area (Å²) in [6, 6.07) is 18.9. The summed E-state index contributed by atoms with van der Waals surface area (Å²) in [5, 5.41) is 10.8. The molecule has 2 heterocycles. The number of aliphatic hydroxyl groups is 1. The Morgan fingerprint density at radius 2 is 1.56 bits per heavy atom. The maximum atomic E-state index is 13.1. The van der Waals surface area contributed by atoms with E-state index in [2.05, 4.69) is 0 Å². The molecule has 1 N–H and O–H groups in total. The fraction of sp³-hybridized carbons (Fsp3) is 0.423. The summed E-state index contributed by atoms with van der Waals surface area (Å²) in [7, 11) is 0. The monoisotopic (exact) mass is 466 g/mol. The third-order valence-electron chi connectivity index (χ3n) is 6.77. The van der Waals surface area contributed by atoms with E-state index in [0.29, 0.717) is 25.9 Å². The summed E-state index contributed by atoms with van der Waals surface area (Å²) >= 11 is 0. The molecule has 180 valence electrons. The lowest BCUT2D eigenvalue weighted by Crippen LogP contribution is -2.58. The molecule has 2 atom stereocenters. The van der Waals surface area contributed by atoms with Crippen LogP contribution in [-0.4, -0.2) is 64.2 Å². The average Bonchev–Trinajstić information content (AvgIpc) is 3.05. The first-order valence-corrected chi connectivity index (χ1v) is 11.6. The first kappa shape index (κ1) is 23.8. The lowest BCUT2D eigenvalue weighted by molar-refractivity contribution is -0.156. The first-order valence-electron chi connectivity index (χ1n) is 11.6. The second-order valence-corrected chi connectivity index (χ2v) is 8.72. The van der Waals surface area contributed by atoms with Crippen molar-refractivity contribution in [2.24, 2.45) is 5.92 Å². The third kappa shape index (κ3) is 4.63. The van der Waals surface area contributed by atoms with E-state index in [0.717, 1.165) is 11.1 Å². The van der Waals surface area contributed by atoms with Crippen LogP contribution in [0.3, 0.4) is 0 Å². The molecule has 2 saturated heterocycles. The number of nitrogens with zero attached hydrogens (tertiary/aromatic N) is 2. The molecule has 0 radical (unpaired) electrons. The molecule has 2 aromatic carbocycles. The van der Waals surface area contributed by atoms with Gasteiger partial charge >= 0.3 is 12.1 Å². The summed E-state index contributed by atoms with van der Waals surface area (Å²) in [6.45, 7) is 2.89. The molecule has 2 aliphatic rings. The fourth-order valence-corrected chi connectivity index (χ4v) is 5.03. The molecule has 0 saturated carbocycles. The normalized spacial score (nSPS) is 21.5. The highest BCUT2D eigenvalue weighted by atomic mass is 16.6. The van der Waals surface area contributed by atoms with Crippen molar-refractivity contribution in [1.29, 1.82) is 0 Å². The second kappa shape index (κ2) is 10.3. The lowest BCUT2D eigenvalue weighted by atomic mass is 9.76. The van der Waals surface area contributed by atoms with Crippen LogP contribution in [0.15, 0.2) is 60.7 Å². The van der Waals surface area contributed by atoms with Gasteiger partial charge in [0, 0.05) is 19.6 Å². The van der Waals surface area contributed by atoms with Crippen molar-refractivity contribution < 1.29 is 29.0 Å². The van der Waals surface area contributed by atoms with E-state index in [1.54, 1.807) is 16.7 Å². The van der Waals surface area contributed by atoms with Crippen molar-refractivity contribution in [3.63, 3.8) is 0 Å². The zero-order valence-corrected chi connectivity index (χ0v) is 19.3. The lowest BCUT2D eigenvalue weighted by Gasteiger charge is -2.46. The van der Waals surface area contributed by atoms with E-state index in [1.807, 2.05) is 60.7 Å². The van der Waals surface area contributed by atoms with E-state index in [4.69, 9.17) is 9.47 Å². The van der Waals surface area contributed by atoms with Gasteiger partial charge in [-0.1, -0.05) is 60.7 Å². The van der Waals surface area contributed by atoms with Crippen molar-refractivity contribution in [2.75, 3.05) is 19.7 Å². The van der Waals surface area contributed by atoms with Gasteiger partial charge in [0.15, 0.2) is 0 Å². The molecule has 0 aliphatic carbocycles. The van der Waals surface area contributed by atoms with Crippen molar-refractivity contribution >= 4 is 18.0 Å². The fourth-order valence-electron chi connectivity index (χ4n) is 5.03. The predicted molar refractivity (Wildman–Crippen MR) is 123 cm³/mol. The van der Waals surface area contributed by atoms with E-state index in [-0.39, 0.29) is 19.8 Å². The van der Waals surface area contributed by atoms with E-state index in [9.17, 15) is 19.5 Å². The standard InChI is InChI=1S/C26H30N2O6/c1-2-33-24(31)21-22(29)23(30)28(17-19-9-5-3-6-10-19)26(21)13-15-27(16-14-26)25(32)34-18-20-11-7-4-8-12-20/h3-12,21-22,29H,2,13-18H2,1H3/t21-,22-/m1/s1. The molecule has 2 amide bonds. The Balaban J connectivity index is 1.52. The smallest absolute Gasteiger partial charge is 0.410 e. The maximum Gasteiger partial charge on any atom is 0.410 e. The molecule has 8 heteroatoms. The van der Waals surface area contributed by atoms with Crippen LogP contribution in [0.1, 0.15) is 30.9 Å². The Hall–Kier alpha value is -3.39. The zero-order chi connectivity index (χ0) is 24.1. The number of benzene rings is 2. The Morgan fingerprint density at radius 3 is 2.15 bits per heavy atom. The molecule has 0 unspecified atom stereocenters. The minimum Gasteiger partial charge on any atom is -0.466 e. The molecule has 2 fully saturated rings. The van der Waals surface area contributed by atoms with Gasteiger partial charge < -0.3 is 24.4 Å². The number of ether oxygens (including phenoxy) is 2. The van der Waals surface area contributed by atoms with Gasteiger partial charge in [0.25, 0.3) is 5.91 Å². The Labute approximate surface area is 199 Å². The van der Waals surface area contributed by atoms with Crippen LogP contribution >= 0.6 is 0 Å². The number of likely N-dealkylation sites (tertiary alicyclic amines) is 2. The van der Waals surface area contributed by atoms with Crippen molar-refractivity contribution in [2.45, 2.75) is 44.6 Å². The Kier molecular flexibility index (Phi) is 7.17. The van der Waals surface area contributed by atoms with Crippen molar-refractivity contribution in [3.05, 3.63) is 71.8 Å². The summed E-state index contributed by atoms with van der Waals surface area (Å²) in [5.41, 5.74) is 0.858. The number of hydrogen-bond acceptors (Lipinski definition) is 6. The first-order chi connectivity index (χ1) is 16.5. The summed E-state index contributed by atoms with van der Waals surface area (Å²) in [4.78, 5) is 41.9. The molecule has 4 rings (SSSR count). The number of aliphatic hydroxyl groups excluding tert-OH is 1. The molecule has 2 aromatic rings. The molecule has 34 heavy (non-hydrogen) atoms. The number of esters is 1.